The molecule has 4 aromatic rings. The fourth-order valence-corrected chi connectivity index (χ4v) is 3.77. The number of hydrogen-bond acceptors (Lipinski definition) is 2. The Balaban J connectivity index is 1.94. The van der Waals surface area contributed by atoms with Crippen LogP contribution >= 0.6 is 0 Å². The highest BCUT2D eigenvalue weighted by Gasteiger charge is 2.15. The Kier molecular flexibility index (Phi) is 4.72. The number of unbranched alkanes of at least 4 members (excludes halogenated alkanes) is 1. The first-order chi connectivity index (χ1) is 12.8. The number of aromatic nitrogens is 2. The quantitative estimate of drug-likeness (QED) is 0.471. The smallest absolute Gasteiger partial charge is 0.0708 e. The number of aromatic amines is 1. The molecular weight excluding hydrogens is 318 g/mol. The lowest BCUT2D eigenvalue weighted by Crippen LogP contribution is -1.99. The molecule has 26 heavy (non-hydrogen) atoms. The maximum atomic E-state index is 5.73. The largest absolute Gasteiger partial charge is 0.354 e. The highest BCUT2D eigenvalue weighted by Crippen LogP contribution is 2.35. The highest BCUT2D eigenvalue weighted by atomic mass is 14.7. The SMILES string of the molecule is CCc1ccc2[nH]c(-c3cccc4ncccc34)c(CCCCN)c2c1. The van der Waals surface area contributed by atoms with Crippen LogP contribution in [0.5, 0.6) is 0 Å². The molecule has 2 aromatic carbocycles. The summed E-state index contributed by atoms with van der Waals surface area (Å²) in [6.07, 6.45) is 6.10. The second-order valence-corrected chi connectivity index (χ2v) is 6.83. The maximum Gasteiger partial charge on any atom is 0.0708 e. The summed E-state index contributed by atoms with van der Waals surface area (Å²) in [5, 5.41) is 2.54. The van der Waals surface area contributed by atoms with Crippen molar-refractivity contribution in [2.45, 2.75) is 32.6 Å². The fourth-order valence-electron chi connectivity index (χ4n) is 3.77. The van der Waals surface area contributed by atoms with Gasteiger partial charge in [-0.05, 0) is 67.6 Å². The van der Waals surface area contributed by atoms with Gasteiger partial charge in [0.15, 0.2) is 0 Å². The molecule has 2 heterocycles. The van der Waals surface area contributed by atoms with E-state index < -0.39 is 0 Å². The topological polar surface area (TPSA) is 54.7 Å². The van der Waals surface area contributed by atoms with Crippen LogP contribution in [0.25, 0.3) is 33.1 Å². The minimum atomic E-state index is 0.746. The van der Waals surface area contributed by atoms with Crippen LogP contribution in [0, 0.1) is 0 Å². The monoisotopic (exact) mass is 343 g/mol. The zero-order chi connectivity index (χ0) is 17.9. The van der Waals surface area contributed by atoms with Crippen LogP contribution in [0.3, 0.4) is 0 Å². The van der Waals surface area contributed by atoms with Crippen LogP contribution in [0.4, 0.5) is 0 Å². The van der Waals surface area contributed by atoms with E-state index in [1.807, 2.05) is 12.3 Å². The number of nitrogens with one attached hydrogen (secondary N) is 1. The lowest BCUT2D eigenvalue weighted by Gasteiger charge is -2.08. The van der Waals surface area contributed by atoms with Crippen LogP contribution < -0.4 is 5.73 Å². The number of nitrogens with zero attached hydrogens (tertiary/aromatic N) is 1. The Morgan fingerprint density at radius 3 is 2.77 bits per heavy atom. The molecule has 0 unspecified atom stereocenters. The Bertz CT molecular complexity index is 1040. The van der Waals surface area contributed by atoms with Gasteiger partial charge in [-0.3, -0.25) is 4.98 Å². The van der Waals surface area contributed by atoms with Crippen LogP contribution in [-0.4, -0.2) is 16.5 Å². The molecule has 3 N–H and O–H groups in total. The average molecular weight is 343 g/mol. The zero-order valence-corrected chi connectivity index (χ0v) is 15.3. The third kappa shape index (κ3) is 2.99. The van der Waals surface area contributed by atoms with Gasteiger partial charge >= 0.3 is 0 Å². The van der Waals surface area contributed by atoms with E-state index in [9.17, 15) is 0 Å². The number of aryl methyl sites for hydroxylation is 2. The van der Waals surface area contributed by atoms with Crippen LogP contribution in [0.15, 0.2) is 54.7 Å². The standard InChI is InChI=1S/C23H25N3/c1-2-16-11-12-22-20(15-16)19(7-3-4-13-24)23(26-22)18-8-5-10-21-17(18)9-6-14-25-21/h5-6,8-12,14-15,26H,2-4,7,13,24H2,1H3. The molecule has 0 atom stereocenters. The first kappa shape index (κ1) is 16.8. The van der Waals surface area contributed by atoms with E-state index in [-0.39, 0.29) is 0 Å². The van der Waals surface area contributed by atoms with Crippen molar-refractivity contribution >= 4 is 21.8 Å². The van der Waals surface area contributed by atoms with Crippen molar-refractivity contribution in [3.8, 4) is 11.3 Å². The Hall–Kier alpha value is -2.65. The van der Waals surface area contributed by atoms with Crippen LogP contribution in [0.2, 0.25) is 0 Å². The number of nitrogens with two attached hydrogens (primary N) is 1. The Morgan fingerprint density at radius 2 is 1.92 bits per heavy atom. The predicted octanol–water partition coefficient (Wildman–Crippen LogP) is 5.23. The van der Waals surface area contributed by atoms with E-state index in [2.05, 4.69) is 59.4 Å². The summed E-state index contributed by atoms with van der Waals surface area (Å²) in [5.41, 5.74) is 13.2. The van der Waals surface area contributed by atoms with E-state index >= 15 is 0 Å². The van der Waals surface area contributed by atoms with Gasteiger partial charge in [-0.25, -0.2) is 0 Å². The molecule has 0 fully saturated rings. The molecule has 2 aromatic heterocycles. The molecule has 132 valence electrons. The zero-order valence-electron chi connectivity index (χ0n) is 15.3. The molecular formula is C23H25N3. The molecule has 4 rings (SSSR count). The summed E-state index contributed by atoms with van der Waals surface area (Å²) in [6.45, 7) is 2.95. The Morgan fingerprint density at radius 1 is 1.00 bits per heavy atom. The number of pyridine rings is 1. The summed E-state index contributed by atoms with van der Waals surface area (Å²) >= 11 is 0. The molecule has 0 spiro atoms. The Labute approximate surface area is 154 Å². The fraction of sp³-hybridized carbons (Fsp3) is 0.261. The highest BCUT2D eigenvalue weighted by molar-refractivity contribution is 5.99. The summed E-state index contributed by atoms with van der Waals surface area (Å²) in [7, 11) is 0. The molecule has 0 aliphatic carbocycles. The van der Waals surface area contributed by atoms with Crippen molar-refractivity contribution in [3.63, 3.8) is 0 Å². The van der Waals surface area contributed by atoms with Crippen LogP contribution in [0.1, 0.15) is 30.9 Å². The molecule has 0 radical (unpaired) electrons. The van der Waals surface area contributed by atoms with Gasteiger partial charge in [0.2, 0.25) is 0 Å². The molecule has 0 aliphatic rings. The third-order valence-corrected chi connectivity index (χ3v) is 5.17. The summed E-state index contributed by atoms with van der Waals surface area (Å²) in [4.78, 5) is 8.22. The van der Waals surface area contributed by atoms with E-state index in [0.29, 0.717) is 0 Å². The van der Waals surface area contributed by atoms with Gasteiger partial charge in [-0.15, -0.1) is 0 Å². The third-order valence-electron chi connectivity index (χ3n) is 5.17. The minimum absolute atomic E-state index is 0.746. The van der Waals surface area contributed by atoms with Crippen LogP contribution in [-0.2, 0) is 12.8 Å². The van der Waals surface area contributed by atoms with Gasteiger partial charge in [0, 0.05) is 28.0 Å². The molecule has 0 amide bonds. The van der Waals surface area contributed by atoms with Crippen molar-refractivity contribution in [2.75, 3.05) is 6.54 Å². The van der Waals surface area contributed by atoms with E-state index in [1.165, 1.54) is 38.7 Å². The molecule has 0 bridgehead atoms. The van der Waals surface area contributed by atoms with Crippen molar-refractivity contribution < 1.29 is 0 Å². The van der Waals surface area contributed by atoms with E-state index in [1.54, 1.807) is 0 Å². The lowest BCUT2D eigenvalue weighted by molar-refractivity contribution is 0.748. The second kappa shape index (κ2) is 7.30. The molecule has 0 aliphatic heterocycles. The molecule has 0 saturated heterocycles. The normalized spacial score (nSPS) is 11.5. The van der Waals surface area contributed by atoms with Gasteiger partial charge in [0.1, 0.15) is 0 Å². The van der Waals surface area contributed by atoms with Crippen molar-refractivity contribution in [2.24, 2.45) is 5.73 Å². The first-order valence-corrected chi connectivity index (χ1v) is 9.49. The first-order valence-electron chi connectivity index (χ1n) is 9.49. The van der Waals surface area contributed by atoms with Gasteiger partial charge in [0.05, 0.1) is 11.2 Å². The average Bonchev–Trinajstić information content (AvgIpc) is 3.05. The number of fused-ring (bicyclic) bond motifs is 2. The van der Waals surface area contributed by atoms with Gasteiger partial charge in [-0.1, -0.05) is 31.2 Å². The van der Waals surface area contributed by atoms with E-state index in [4.69, 9.17) is 5.73 Å². The molecule has 3 nitrogen and oxygen atoms in total. The van der Waals surface area contributed by atoms with Crippen molar-refractivity contribution in [1.29, 1.82) is 0 Å². The number of benzene rings is 2. The van der Waals surface area contributed by atoms with Gasteiger partial charge in [0.25, 0.3) is 0 Å². The lowest BCUT2D eigenvalue weighted by atomic mass is 9.97. The van der Waals surface area contributed by atoms with Crippen molar-refractivity contribution in [1.82, 2.24) is 9.97 Å². The van der Waals surface area contributed by atoms with Gasteiger partial charge < -0.3 is 10.7 Å². The summed E-state index contributed by atoms with van der Waals surface area (Å²) in [5.74, 6) is 0. The number of rotatable bonds is 6. The maximum absolute atomic E-state index is 5.73. The molecule has 0 saturated carbocycles. The summed E-state index contributed by atoms with van der Waals surface area (Å²) in [6, 6.07) is 17.3. The minimum Gasteiger partial charge on any atom is -0.354 e. The van der Waals surface area contributed by atoms with Gasteiger partial charge in [-0.2, -0.15) is 0 Å². The van der Waals surface area contributed by atoms with E-state index in [0.717, 1.165) is 37.7 Å². The molecule has 3 heteroatoms. The number of H-pyrrole nitrogens is 1. The van der Waals surface area contributed by atoms with Crippen molar-refractivity contribution in [3.05, 3.63) is 65.9 Å². The summed E-state index contributed by atoms with van der Waals surface area (Å²) < 4.78 is 0. The second-order valence-electron chi connectivity index (χ2n) is 6.83. The predicted molar refractivity (Wildman–Crippen MR) is 110 cm³/mol. The number of hydrogen-bond donors (Lipinski definition) is 2.